The maximum Gasteiger partial charge on any atom is 0.0572 e. The standard InChI is InChI=1S/C15H25N3/c1-3-14(16)15-9-8-13(10-17-15)18(2)11-12-6-4-5-7-12/h8-10,12,14H,3-7,11,16H2,1-2H3/t14-/m0/s1. The van der Waals surface area contributed by atoms with Gasteiger partial charge in [-0.25, -0.2) is 0 Å². The van der Waals surface area contributed by atoms with E-state index in [9.17, 15) is 0 Å². The van der Waals surface area contributed by atoms with E-state index in [1.165, 1.54) is 31.4 Å². The maximum absolute atomic E-state index is 5.98. The van der Waals surface area contributed by atoms with E-state index < -0.39 is 0 Å². The predicted molar refractivity (Wildman–Crippen MR) is 76.7 cm³/mol. The second-order valence-corrected chi connectivity index (χ2v) is 5.49. The highest BCUT2D eigenvalue weighted by Crippen LogP contribution is 2.26. The molecule has 0 aromatic carbocycles. The van der Waals surface area contributed by atoms with Crippen LogP contribution in [0, 0.1) is 5.92 Å². The molecule has 1 saturated carbocycles. The van der Waals surface area contributed by atoms with Crippen molar-refractivity contribution in [1.29, 1.82) is 0 Å². The molecule has 1 aromatic rings. The van der Waals surface area contributed by atoms with Gasteiger partial charge in [0.1, 0.15) is 0 Å². The molecule has 0 saturated heterocycles. The molecule has 2 N–H and O–H groups in total. The molecule has 100 valence electrons. The van der Waals surface area contributed by atoms with Crippen molar-refractivity contribution in [3.8, 4) is 0 Å². The zero-order valence-corrected chi connectivity index (χ0v) is 11.6. The van der Waals surface area contributed by atoms with Crippen LogP contribution in [0.2, 0.25) is 0 Å². The van der Waals surface area contributed by atoms with Gasteiger partial charge >= 0.3 is 0 Å². The molecule has 3 heteroatoms. The van der Waals surface area contributed by atoms with Crippen molar-refractivity contribution in [2.75, 3.05) is 18.5 Å². The Labute approximate surface area is 110 Å². The van der Waals surface area contributed by atoms with Crippen LogP contribution in [0.15, 0.2) is 18.3 Å². The van der Waals surface area contributed by atoms with Crippen LogP contribution < -0.4 is 10.6 Å². The van der Waals surface area contributed by atoms with Gasteiger partial charge in [0.25, 0.3) is 0 Å². The first kappa shape index (κ1) is 13.3. The van der Waals surface area contributed by atoms with Crippen LogP contribution >= 0.6 is 0 Å². The molecule has 2 rings (SSSR count). The molecule has 0 amide bonds. The van der Waals surface area contributed by atoms with Crippen LogP contribution in [-0.4, -0.2) is 18.6 Å². The van der Waals surface area contributed by atoms with Crippen molar-refractivity contribution in [2.24, 2.45) is 11.7 Å². The summed E-state index contributed by atoms with van der Waals surface area (Å²) in [5.41, 5.74) is 8.17. The van der Waals surface area contributed by atoms with Gasteiger partial charge in [-0.05, 0) is 37.3 Å². The first-order valence-electron chi connectivity index (χ1n) is 7.13. The van der Waals surface area contributed by atoms with Gasteiger partial charge in [0, 0.05) is 19.6 Å². The van der Waals surface area contributed by atoms with E-state index in [1.54, 1.807) is 0 Å². The molecule has 1 fully saturated rings. The Morgan fingerprint density at radius 2 is 2.11 bits per heavy atom. The lowest BCUT2D eigenvalue weighted by Gasteiger charge is -2.23. The van der Waals surface area contributed by atoms with Crippen LogP contribution in [-0.2, 0) is 0 Å². The van der Waals surface area contributed by atoms with Gasteiger partial charge in [-0.3, -0.25) is 4.98 Å². The quantitative estimate of drug-likeness (QED) is 0.869. The lowest BCUT2D eigenvalue weighted by atomic mass is 10.1. The summed E-state index contributed by atoms with van der Waals surface area (Å²) in [5.74, 6) is 0.868. The van der Waals surface area contributed by atoms with Crippen molar-refractivity contribution in [3.05, 3.63) is 24.0 Å². The third-order valence-electron chi connectivity index (χ3n) is 4.04. The predicted octanol–water partition coefficient (Wildman–Crippen LogP) is 3.12. The minimum absolute atomic E-state index is 0.0687. The minimum atomic E-state index is 0.0687. The second-order valence-electron chi connectivity index (χ2n) is 5.49. The van der Waals surface area contributed by atoms with Gasteiger partial charge in [0.05, 0.1) is 17.6 Å². The number of rotatable bonds is 5. The largest absolute Gasteiger partial charge is 0.373 e. The van der Waals surface area contributed by atoms with Crippen LogP contribution in [0.4, 0.5) is 5.69 Å². The molecule has 0 unspecified atom stereocenters. The lowest BCUT2D eigenvalue weighted by molar-refractivity contribution is 0.546. The van der Waals surface area contributed by atoms with E-state index >= 15 is 0 Å². The summed E-state index contributed by atoms with van der Waals surface area (Å²) in [6.07, 6.45) is 8.47. The van der Waals surface area contributed by atoms with Gasteiger partial charge in [0.2, 0.25) is 0 Å². The number of hydrogen-bond acceptors (Lipinski definition) is 3. The monoisotopic (exact) mass is 247 g/mol. The fourth-order valence-electron chi connectivity index (χ4n) is 2.74. The van der Waals surface area contributed by atoms with E-state index in [-0.39, 0.29) is 6.04 Å². The Balaban J connectivity index is 1.95. The molecule has 1 heterocycles. The number of anilines is 1. The summed E-state index contributed by atoms with van der Waals surface area (Å²) in [6, 6.07) is 4.28. The van der Waals surface area contributed by atoms with E-state index in [0.29, 0.717) is 0 Å². The van der Waals surface area contributed by atoms with E-state index in [2.05, 4.69) is 36.0 Å². The third kappa shape index (κ3) is 3.22. The van der Waals surface area contributed by atoms with E-state index in [1.807, 2.05) is 6.20 Å². The van der Waals surface area contributed by atoms with Crippen molar-refractivity contribution in [1.82, 2.24) is 4.98 Å². The Hall–Kier alpha value is -1.09. The number of pyridine rings is 1. The molecule has 18 heavy (non-hydrogen) atoms. The molecular formula is C15H25N3. The Kier molecular flexibility index (Phi) is 4.59. The van der Waals surface area contributed by atoms with Crippen molar-refractivity contribution in [3.63, 3.8) is 0 Å². The molecule has 0 aliphatic heterocycles. The van der Waals surface area contributed by atoms with Gasteiger partial charge < -0.3 is 10.6 Å². The average Bonchev–Trinajstić information content (AvgIpc) is 2.91. The summed E-state index contributed by atoms with van der Waals surface area (Å²) in [5, 5.41) is 0. The Bertz CT molecular complexity index is 355. The van der Waals surface area contributed by atoms with Crippen molar-refractivity contribution < 1.29 is 0 Å². The lowest BCUT2D eigenvalue weighted by Crippen LogP contribution is -2.24. The Morgan fingerprint density at radius 1 is 1.39 bits per heavy atom. The van der Waals surface area contributed by atoms with Crippen LogP contribution in [0.1, 0.15) is 50.8 Å². The third-order valence-corrected chi connectivity index (χ3v) is 4.04. The molecule has 1 atom stereocenters. The number of nitrogens with zero attached hydrogens (tertiary/aromatic N) is 2. The molecule has 1 aliphatic rings. The number of hydrogen-bond donors (Lipinski definition) is 1. The summed E-state index contributed by atoms with van der Waals surface area (Å²) >= 11 is 0. The van der Waals surface area contributed by atoms with Gasteiger partial charge in [0.15, 0.2) is 0 Å². The average molecular weight is 247 g/mol. The Morgan fingerprint density at radius 3 is 2.67 bits per heavy atom. The molecule has 1 aliphatic carbocycles. The molecule has 3 nitrogen and oxygen atoms in total. The van der Waals surface area contributed by atoms with Crippen LogP contribution in [0.25, 0.3) is 0 Å². The topological polar surface area (TPSA) is 42.1 Å². The summed E-state index contributed by atoms with van der Waals surface area (Å²) < 4.78 is 0. The fraction of sp³-hybridized carbons (Fsp3) is 0.667. The zero-order valence-electron chi connectivity index (χ0n) is 11.6. The SMILES string of the molecule is CC[C@H](N)c1ccc(N(C)CC2CCCC2)cn1. The van der Waals surface area contributed by atoms with Gasteiger partial charge in [-0.15, -0.1) is 0 Å². The molecule has 0 bridgehead atoms. The maximum atomic E-state index is 5.98. The van der Waals surface area contributed by atoms with Crippen molar-refractivity contribution in [2.45, 2.75) is 45.1 Å². The first-order valence-corrected chi connectivity index (χ1v) is 7.13. The van der Waals surface area contributed by atoms with E-state index in [4.69, 9.17) is 5.73 Å². The minimum Gasteiger partial charge on any atom is -0.373 e. The zero-order chi connectivity index (χ0) is 13.0. The summed E-state index contributed by atoms with van der Waals surface area (Å²) in [7, 11) is 2.16. The summed E-state index contributed by atoms with van der Waals surface area (Å²) in [6.45, 7) is 3.24. The highest BCUT2D eigenvalue weighted by molar-refractivity contribution is 5.44. The van der Waals surface area contributed by atoms with Crippen LogP contribution in [0.3, 0.4) is 0 Å². The number of nitrogens with two attached hydrogens (primary N) is 1. The number of aromatic nitrogens is 1. The second kappa shape index (κ2) is 6.19. The first-order chi connectivity index (χ1) is 8.70. The van der Waals surface area contributed by atoms with Gasteiger partial charge in [-0.2, -0.15) is 0 Å². The fourth-order valence-corrected chi connectivity index (χ4v) is 2.74. The van der Waals surface area contributed by atoms with Gasteiger partial charge in [-0.1, -0.05) is 19.8 Å². The highest BCUT2D eigenvalue weighted by Gasteiger charge is 2.17. The smallest absolute Gasteiger partial charge is 0.0572 e. The van der Waals surface area contributed by atoms with E-state index in [0.717, 1.165) is 24.6 Å². The molecule has 1 aromatic heterocycles. The van der Waals surface area contributed by atoms with Crippen molar-refractivity contribution >= 4 is 5.69 Å². The molecular weight excluding hydrogens is 222 g/mol. The summed E-state index contributed by atoms with van der Waals surface area (Å²) in [4.78, 5) is 6.80. The molecule has 0 spiro atoms. The normalized spacial score (nSPS) is 17.9. The highest BCUT2D eigenvalue weighted by atomic mass is 15.1. The molecule has 0 radical (unpaired) electrons. The van der Waals surface area contributed by atoms with Crippen LogP contribution in [0.5, 0.6) is 0 Å².